The zero-order chi connectivity index (χ0) is 28.6. The number of amides is 1. The number of benzene rings is 1. The van der Waals surface area contributed by atoms with E-state index in [1.807, 2.05) is 0 Å². The molecular formula is C26H29Cl2N5O6. The van der Waals surface area contributed by atoms with Crippen LogP contribution in [0.4, 0.5) is 10.7 Å². The molecule has 1 aliphatic rings. The Labute approximate surface area is 234 Å². The molecule has 2 aromatic heterocycles. The molecule has 3 aromatic rings. The van der Waals surface area contributed by atoms with E-state index in [2.05, 4.69) is 20.6 Å². The van der Waals surface area contributed by atoms with E-state index in [0.29, 0.717) is 22.5 Å². The van der Waals surface area contributed by atoms with E-state index in [0.717, 1.165) is 0 Å². The number of nitrogens with zero attached hydrogens (tertiary/aromatic N) is 3. The van der Waals surface area contributed by atoms with Gasteiger partial charge in [-0.25, -0.2) is 9.78 Å². The summed E-state index contributed by atoms with van der Waals surface area (Å²) in [5.41, 5.74) is -0.272. The van der Waals surface area contributed by atoms with Crippen molar-refractivity contribution in [1.82, 2.24) is 19.9 Å². The molecule has 2 unspecified atom stereocenters. The highest BCUT2D eigenvalue weighted by Crippen LogP contribution is 2.45. The minimum Gasteiger partial charge on any atom is -0.495 e. The lowest BCUT2D eigenvalue weighted by Crippen LogP contribution is -2.45. The largest absolute Gasteiger partial charge is 0.495 e. The van der Waals surface area contributed by atoms with Gasteiger partial charge in [-0.15, -0.1) is 0 Å². The Kier molecular flexibility index (Phi) is 7.94. The van der Waals surface area contributed by atoms with Gasteiger partial charge in [-0.2, -0.15) is 4.98 Å². The smallest absolute Gasteiger partial charge is 0.407 e. The number of hydrogen-bond donors (Lipinski definition) is 2. The zero-order valence-corrected chi connectivity index (χ0v) is 23.9. The summed E-state index contributed by atoms with van der Waals surface area (Å²) < 4.78 is 17.3. The summed E-state index contributed by atoms with van der Waals surface area (Å²) in [7, 11) is 4.46. The van der Waals surface area contributed by atoms with Gasteiger partial charge >= 0.3 is 6.09 Å². The van der Waals surface area contributed by atoms with Gasteiger partial charge in [-0.1, -0.05) is 23.2 Å². The number of ether oxygens (including phenoxy) is 3. The number of alkyl carbamates (subject to hydrolysis) is 1. The average molecular weight is 578 g/mol. The molecule has 0 radical (unpaired) electrons. The third-order valence-electron chi connectivity index (χ3n) is 6.19. The highest BCUT2D eigenvalue weighted by Gasteiger charge is 2.35. The van der Waals surface area contributed by atoms with Crippen LogP contribution < -0.4 is 25.7 Å². The lowest BCUT2D eigenvalue weighted by atomic mass is 10.0. The van der Waals surface area contributed by atoms with Crippen LogP contribution >= 0.6 is 23.2 Å². The molecular weight excluding hydrogens is 549 g/mol. The molecule has 0 bridgehead atoms. The minimum absolute atomic E-state index is 0.0196. The molecule has 39 heavy (non-hydrogen) atoms. The van der Waals surface area contributed by atoms with Crippen molar-refractivity contribution in [3.05, 3.63) is 38.7 Å². The molecule has 0 saturated heterocycles. The van der Waals surface area contributed by atoms with Crippen molar-refractivity contribution in [2.45, 2.75) is 51.3 Å². The Balaban J connectivity index is 1.68. The number of fused-ring (bicyclic) bond motifs is 1. The van der Waals surface area contributed by atoms with Crippen molar-refractivity contribution in [1.29, 1.82) is 0 Å². The highest BCUT2D eigenvalue weighted by atomic mass is 35.5. The number of rotatable bonds is 6. The number of methoxy groups -OCH3 is 2. The number of aryl methyl sites for hydroxylation is 1. The molecule has 0 spiro atoms. The number of anilines is 1. The predicted molar refractivity (Wildman–Crippen MR) is 148 cm³/mol. The van der Waals surface area contributed by atoms with Gasteiger partial charge in [0.05, 0.1) is 41.9 Å². The second-order valence-corrected chi connectivity index (χ2v) is 10.9. The number of nitrogens with one attached hydrogen (secondary N) is 2. The van der Waals surface area contributed by atoms with Crippen molar-refractivity contribution in [3.8, 4) is 22.6 Å². The third-order valence-corrected chi connectivity index (χ3v) is 6.94. The summed E-state index contributed by atoms with van der Waals surface area (Å²) >= 11 is 13.1. The first-order valence-corrected chi connectivity index (χ1v) is 12.8. The summed E-state index contributed by atoms with van der Waals surface area (Å²) in [6, 6.07) is 2.17. The van der Waals surface area contributed by atoms with E-state index in [1.54, 1.807) is 46.1 Å². The van der Waals surface area contributed by atoms with Gasteiger partial charge in [0.25, 0.3) is 5.56 Å². The first kappa shape index (κ1) is 28.4. The number of hydrogen-bond acceptors (Lipinski definition) is 9. The Morgan fingerprint density at radius 1 is 1.05 bits per heavy atom. The van der Waals surface area contributed by atoms with Crippen molar-refractivity contribution in [2.75, 3.05) is 19.5 Å². The van der Waals surface area contributed by atoms with Gasteiger partial charge in [0, 0.05) is 43.1 Å². The molecule has 1 aromatic carbocycles. The van der Waals surface area contributed by atoms with Crippen molar-refractivity contribution in [2.24, 2.45) is 7.05 Å². The molecule has 208 valence electrons. The summed E-state index contributed by atoms with van der Waals surface area (Å²) in [6.07, 6.45) is 1.25. The monoisotopic (exact) mass is 577 g/mol. The van der Waals surface area contributed by atoms with Gasteiger partial charge in [-0.05, 0) is 26.8 Å². The van der Waals surface area contributed by atoms with Gasteiger partial charge < -0.3 is 24.8 Å². The number of halogens is 2. The van der Waals surface area contributed by atoms with Crippen molar-refractivity contribution in [3.63, 3.8) is 0 Å². The Hall–Kier alpha value is -3.57. The average Bonchev–Trinajstić information content (AvgIpc) is 3.19. The molecule has 2 N–H and O–H groups in total. The van der Waals surface area contributed by atoms with Gasteiger partial charge in [0.15, 0.2) is 0 Å². The number of carbonyl (C=O) groups is 2. The van der Waals surface area contributed by atoms with Crippen molar-refractivity contribution < 1.29 is 23.8 Å². The van der Waals surface area contributed by atoms with Gasteiger partial charge in [0.1, 0.15) is 28.5 Å². The summed E-state index contributed by atoms with van der Waals surface area (Å²) in [4.78, 5) is 46.8. The zero-order valence-electron chi connectivity index (χ0n) is 22.3. The topological polar surface area (TPSA) is 134 Å². The van der Waals surface area contributed by atoms with E-state index >= 15 is 0 Å². The molecule has 11 nitrogen and oxygen atoms in total. The van der Waals surface area contributed by atoms with Crippen LogP contribution in [0.5, 0.6) is 11.5 Å². The maximum absolute atomic E-state index is 13.5. The second-order valence-electron chi connectivity index (χ2n) is 10.1. The normalized spacial score (nSPS) is 17.3. The van der Waals surface area contributed by atoms with Crippen LogP contribution in [0.2, 0.25) is 10.0 Å². The molecule has 13 heteroatoms. The number of pyridine rings is 1. The third kappa shape index (κ3) is 5.89. The maximum Gasteiger partial charge on any atom is 0.407 e. The Bertz CT molecular complexity index is 1490. The van der Waals surface area contributed by atoms with Crippen LogP contribution in [0.1, 0.15) is 33.6 Å². The molecule has 1 saturated carbocycles. The first-order valence-electron chi connectivity index (χ1n) is 12.1. The fraction of sp³-hybridized carbons (Fsp3) is 0.423. The van der Waals surface area contributed by atoms with E-state index in [1.165, 1.54) is 18.8 Å². The summed E-state index contributed by atoms with van der Waals surface area (Å²) in [5.74, 6) is 0.770. The predicted octanol–water partition coefficient (Wildman–Crippen LogP) is 4.36. The Morgan fingerprint density at radius 3 is 2.26 bits per heavy atom. The van der Waals surface area contributed by atoms with Crippen LogP contribution in [0.3, 0.4) is 0 Å². The first-order chi connectivity index (χ1) is 18.3. The maximum atomic E-state index is 13.5. The van der Waals surface area contributed by atoms with Crippen LogP contribution in [0.25, 0.3) is 22.2 Å². The van der Waals surface area contributed by atoms with Crippen LogP contribution in [-0.4, -0.2) is 58.3 Å². The van der Waals surface area contributed by atoms with Crippen LogP contribution in [-0.2, 0) is 16.6 Å². The fourth-order valence-corrected chi connectivity index (χ4v) is 5.11. The standard InChI is InChI=1S/C26H29Cl2N5O6/c1-26(2,3)39-25(36)31-16-9-13(34)8-15(16)30-24-29-11-12-7-14(23(35)33(4)22(12)32-24)19-20(27)17(37-5)10-18(38-6)21(19)28/h7,10-11,15-16H,8-9H2,1-6H3,(H,31,36)(H,29,30,32). The van der Waals surface area contributed by atoms with Crippen LogP contribution in [0.15, 0.2) is 23.1 Å². The van der Waals surface area contributed by atoms with Crippen LogP contribution in [0, 0.1) is 0 Å². The quantitative estimate of drug-likeness (QED) is 0.438. The second kappa shape index (κ2) is 10.9. The molecule has 4 rings (SSSR count). The number of carbonyl (C=O) groups excluding carboxylic acids is 2. The number of Topliss-reactive ketones (excluding diaryl/α,β-unsaturated/α-hetero) is 1. The van der Waals surface area contributed by atoms with E-state index in [-0.39, 0.29) is 45.7 Å². The molecule has 2 heterocycles. The highest BCUT2D eigenvalue weighted by molar-refractivity contribution is 6.41. The summed E-state index contributed by atoms with van der Waals surface area (Å²) in [5, 5.41) is 6.73. The summed E-state index contributed by atoms with van der Waals surface area (Å²) in [6.45, 7) is 5.27. The van der Waals surface area contributed by atoms with E-state index in [9.17, 15) is 14.4 Å². The van der Waals surface area contributed by atoms with E-state index < -0.39 is 29.3 Å². The molecule has 2 atom stereocenters. The lowest BCUT2D eigenvalue weighted by Gasteiger charge is -2.25. The van der Waals surface area contributed by atoms with Crippen molar-refractivity contribution >= 4 is 52.1 Å². The molecule has 1 aliphatic carbocycles. The molecule has 1 amide bonds. The number of aromatic nitrogens is 3. The Morgan fingerprint density at radius 2 is 1.67 bits per heavy atom. The lowest BCUT2D eigenvalue weighted by molar-refractivity contribution is -0.117. The van der Waals surface area contributed by atoms with E-state index in [4.69, 9.17) is 37.4 Å². The van der Waals surface area contributed by atoms with Gasteiger partial charge in [0.2, 0.25) is 5.95 Å². The molecule has 0 aliphatic heterocycles. The van der Waals surface area contributed by atoms with Gasteiger partial charge in [-0.3, -0.25) is 14.2 Å². The molecule has 1 fully saturated rings. The number of ketones is 1. The fourth-order valence-electron chi connectivity index (χ4n) is 4.40. The SMILES string of the molecule is COc1cc(OC)c(Cl)c(-c2cc3cnc(NC4CC(=O)CC4NC(=O)OC(C)(C)C)nc3n(C)c2=O)c1Cl. The minimum atomic E-state index is -0.675.